The maximum absolute atomic E-state index is 13.0. The van der Waals surface area contributed by atoms with Gasteiger partial charge >= 0.3 is 0 Å². The summed E-state index contributed by atoms with van der Waals surface area (Å²) < 4.78 is 13.0. The summed E-state index contributed by atoms with van der Waals surface area (Å²) in [4.78, 5) is 11.9. The Morgan fingerprint density at radius 1 is 1.56 bits per heavy atom. The van der Waals surface area contributed by atoms with Crippen LogP contribution in [-0.4, -0.2) is 16.1 Å². The van der Waals surface area contributed by atoms with Gasteiger partial charge in [0.25, 0.3) is 5.91 Å². The molecule has 5 nitrogen and oxygen atoms in total. The van der Waals surface area contributed by atoms with Crippen LogP contribution in [0.1, 0.15) is 16.2 Å². The van der Waals surface area contributed by atoms with Crippen molar-refractivity contribution in [2.45, 2.75) is 6.92 Å². The van der Waals surface area contributed by atoms with E-state index in [0.717, 1.165) is 6.07 Å². The van der Waals surface area contributed by atoms with E-state index in [4.69, 9.17) is 17.3 Å². The standard InChI is InChI=1S/C11H10ClFN4O/c1-5-9(14)10(17-16-5)11(18)15-8-4-6(13)2-3-7(8)12/h2-4H,14H2,1H3,(H,15,18)(H,16,17). The van der Waals surface area contributed by atoms with Crippen molar-refractivity contribution in [2.24, 2.45) is 0 Å². The van der Waals surface area contributed by atoms with E-state index in [2.05, 4.69) is 15.5 Å². The number of H-pyrrole nitrogens is 1. The molecule has 0 spiro atoms. The van der Waals surface area contributed by atoms with Crippen molar-refractivity contribution >= 4 is 28.9 Å². The molecule has 1 aromatic carbocycles. The number of hydrogen-bond donors (Lipinski definition) is 3. The van der Waals surface area contributed by atoms with Crippen molar-refractivity contribution in [3.63, 3.8) is 0 Å². The highest BCUT2D eigenvalue weighted by molar-refractivity contribution is 6.33. The second-order valence-corrected chi connectivity index (χ2v) is 4.10. The van der Waals surface area contributed by atoms with Crippen LogP contribution in [0.2, 0.25) is 5.02 Å². The molecule has 1 heterocycles. The highest BCUT2D eigenvalue weighted by Gasteiger charge is 2.16. The zero-order valence-corrected chi connectivity index (χ0v) is 10.2. The number of amides is 1. The minimum absolute atomic E-state index is 0.0489. The fraction of sp³-hybridized carbons (Fsp3) is 0.0909. The van der Waals surface area contributed by atoms with E-state index in [1.54, 1.807) is 6.92 Å². The predicted octanol–water partition coefficient (Wildman–Crippen LogP) is 2.35. The van der Waals surface area contributed by atoms with Crippen LogP contribution in [0.4, 0.5) is 15.8 Å². The monoisotopic (exact) mass is 268 g/mol. The van der Waals surface area contributed by atoms with E-state index in [-0.39, 0.29) is 22.1 Å². The number of anilines is 2. The van der Waals surface area contributed by atoms with E-state index in [1.165, 1.54) is 12.1 Å². The van der Waals surface area contributed by atoms with Crippen LogP contribution in [0.3, 0.4) is 0 Å². The fourth-order valence-corrected chi connectivity index (χ4v) is 1.55. The Morgan fingerprint density at radius 2 is 2.28 bits per heavy atom. The lowest BCUT2D eigenvalue weighted by Gasteiger charge is -2.06. The molecule has 0 saturated heterocycles. The van der Waals surface area contributed by atoms with E-state index >= 15 is 0 Å². The summed E-state index contributed by atoms with van der Waals surface area (Å²) in [6, 6.07) is 3.67. The van der Waals surface area contributed by atoms with Crippen LogP contribution >= 0.6 is 11.6 Å². The van der Waals surface area contributed by atoms with Crippen molar-refractivity contribution in [3.8, 4) is 0 Å². The molecule has 1 aromatic heterocycles. The van der Waals surface area contributed by atoms with Gasteiger partial charge in [-0.1, -0.05) is 11.6 Å². The zero-order chi connectivity index (χ0) is 13.3. The van der Waals surface area contributed by atoms with Gasteiger partial charge in [0.2, 0.25) is 0 Å². The van der Waals surface area contributed by atoms with Gasteiger partial charge in [0.15, 0.2) is 5.69 Å². The fourth-order valence-electron chi connectivity index (χ4n) is 1.39. The van der Waals surface area contributed by atoms with Gasteiger partial charge in [-0.05, 0) is 25.1 Å². The smallest absolute Gasteiger partial charge is 0.278 e. The third-order valence-electron chi connectivity index (χ3n) is 2.39. The maximum Gasteiger partial charge on any atom is 0.278 e. The molecule has 0 unspecified atom stereocenters. The molecule has 4 N–H and O–H groups in total. The number of rotatable bonds is 2. The predicted molar refractivity (Wildman–Crippen MR) is 67.1 cm³/mol. The largest absolute Gasteiger partial charge is 0.395 e. The lowest BCUT2D eigenvalue weighted by atomic mass is 10.2. The highest BCUT2D eigenvalue weighted by Crippen LogP contribution is 2.23. The molecule has 0 aliphatic carbocycles. The van der Waals surface area contributed by atoms with Crippen molar-refractivity contribution in [1.82, 2.24) is 10.2 Å². The summed E-state index contributed by atoms with van der Waals surface area (Å²) in [5, 5.41) is 9.03. The normalized spacial score (nSPS) is 10.4. The second kappa shape index (κ2) is 4.66. The average Bonchev–Trinajstić information content (AvgIpc) is 2.65. The topological polar surface area (TPSA) is 83.8 Å². The first-order chi connectivity index (χ1) is 8.49. The van der Waals surface area contributed by atoms with Crippen LogP contribution in [0.15, 0.2) is 18.2 Å². The van der Waals surface area contributed by atoms with Gasteiger partial charge in [0, 0.05) is 0 Å². The number of nitrogens with one attached hydrogen (secondary N) is 2. The summed E-state index contributed by atoms with van der Waals surface area (Å²) in [5.41, 5.74) is 6.72. The van der Waals surface area contributed by atoms with Gasteiger partial charge in [-0.25, -0.2) is 4.39 Å². The maximum atomic E-state index is 13.0. The Labute approximate surface area is 107 Å². The Balaban J connectivity index is 2.27. The lowest BCUT2D eigenvalue weighted by Crippen LogP contribution is -2.14. The first kappa shape index (κ1) is 12.4. The Morgan fingerprint density at radius 3 is 2.89 bits per heavy atom. The van der Waals surface area contributed by atoms with Gasteiger partial charge in [0.1, 0.15) is 5.82 Å². The van der Waals surface area contributed by atoms with E-state index in [1.807, 2.05) is 0 Å². The molecule has 0 fully saturated rings. The van der Waals surface area contributed by atoms with Crippen LogP contribution < -0.4 is 11.1 Å². The summed E-state index contributed by atoms with van der Waals surface area (Å²) in [6.45, 7) is 1.69. The van der Waals surface area contributed by atoms with Gasteiger partial charge in [0.05, 0.1) is 22.1 Å². The summed E-state index contributed by atoms with van der Waals surface area (Å²) in [5.74, 6) is -1.05. The number of nitrogens with zero attached hydrogens (tertiary/aromatic N) is 1. The number of halogens is 2. The minimum atomic E-state index is -0.552. The molecule has 1 amide bonds. The molecule has 2 rings (SSSR count). The van der Waals surface area contributed by atoms with Gasteiger partial charge < -0.3 is 11.1 Å². The molecule has 0 aliphatic rings. The molecule has 18 heavy (non-hydrogen) atoms. The van der Waals surface area contributed by atoms with E-state index < -0.39 is 11.7 Å². The Kier molecular flexibility index (Phi) is 3.20. The molecule has 2 aromatic rings. The van der Waals surface area contributed by atoms with Crippen molar-refractivity contribution in [1.29, 1.82) is 0 Å². The minimum Gasteiger partial charge on any atom is -0.395 e. The van der Waals surface area contributed by atoms with Crippen LogP contribution in [0.25, 0.3) is 0 Å². The molecular weight excluding hydrogens is 259 g/mol. The first-order valence-electron chi connectivity index (χ1n) is 5.06. The summed E-state index contributed by atoms with van der Waals surface area (Å²) in [7, 11) is 0. The van der Waals surface area contributed by atoms with E-state index in [0.29, 0.717) is 5.69 Å². The second-order valence-electron chi connectivity index (χ2n) is 3.69. The quantitative estimate of drug-likeness (QED) is 0.782. The van der Waals surface area contributed by atoms with Crippen molar-refractivity contribution in [2.75, 3.05) is 11.1 Å². The number of aryl methyl sites for hydroxylation is 1. The number of nitrogen functional groups attached to an aromatic ring is 1. The summed E-state index contributed by atoms with van der Waals surface area (Å²) >= 11 is 5.83. The number of carbonyl (C=O) groups is 1. The van der Waals surface area contributed by atoms with Crippen LogP contribution in [-0.2, 0) is 0 Å². The molecule has 7 heteroatoms. The molecule has 94 valence electrons. The molecule has 0 saturated carbocycles. The number of hydrogen-bond acceptors (Lipinski definition) is 3. The van der Waals surface area contributed by atoms with Gasteiger partial charge in [-0.2, -0.15) is 5.10 Å². The number of carbonyl (C=O) groups excluding carboxylic acids is 1. The van der Waals surface area contributed by atoms with Gasteiger partial charge in [-0.3, -0.25) is 9.89 Å². The van der Waals surface area contributed by atoms with Crippen LogP contribution in [0.5, 0.6) is 0 Å². The SMILES string of the molecule is Cc1[nH]nc(C(=O)Nc2cc(F)ccc2Cl)c1N. The zero-order valence-electron chi connectivity index (χ0n) is 9.42. The molecule has 0 aliphatic heterocycles. The Hall–Kier alpha value is -2.08. The van der Waals surface area contributed by atoms with E-state index in [9.17, 15) is 9.18 Å². The average molecular weight is 269 g/mol. The highest BCUT2D eigenvalue weighted by atomic mass is 35.5. The first-order valence-corrected chi connectivity index (χ1v) is 5.43. The van der Waals surface area contributed by atoms with Gasteiger partial charge in [-0.15, -0.1) is 0 Å². The summed E-state index contributed by atoms with van der Waals surface area (Å²) in [6.07, 6.45) is 0. The van der Waals surface area contributed by atoms with Crippen LogP contribution in [0, 0.1) is 12.7 Å². The third-order valence-corrected chi connectivity index (χ3v) is 2.72. The number of nitrogens with two attached hydrogens (primary N) is 1. The number of benzene rings is 1. The third kappa shape index (κ3) is 2.28. The lowest BCUT2D eigenvalue weighted by molar-refractivity contribution is 0.102. The van der Waals surface area contributed by atoms with Crippen molar-refractivity contribution in [3.05, 3.63) is 40.4 Å². The molecule has 0 radical (unpaired) electrons. The molecule has 0 bridgehead atoms. The van der Waals surface area contributed by atoms with Crippen molar-refractivity contribution < 1.29 is 9.18 Å². The molecular formula is C11H10ClFN4O. The molecule has 0 atom stereocenters. The number of aromatic amines is 1. The number of aromatic nitrogens is 2. The Bertz CT molecular complexity index is 611.